The fourth-order valence-electron chi connectivity index (χ4n) is 1.46. The van der Waals surface area contributed by atoms with Crippen LogP contribution < -0.4 is 22.3 Å². The second kappa shape index (κ2) is 5.15. The molecule has 1 aromatic carbocycles. The molecule has 0 unspecified atom stereocenters. The van der Waals surface area contributed by atoms with E-state index < -0.39 is 10.0 Å². The number of primary sulfonamides is 1. The van der Waals surface area contributed by atoms with Gasteiger partial charge in [-0.3, -0.25) is 0 Å². The average molecular weight is 312 g/mol. The molecule has 8 N–H and O–H groups in total. The van der Waals surface area contributed by atoms with Gasteiger partial charge in [0, 0.05) is 11.0 Å². The van der Waals surface area contributed by atoms with E-state index in [1.54, 1.807) is 6.07 Å². The van der Waals surface area contributed by atoms with Crippen LogP contribution in [0.3, 0.4) is 0 Å². The normalized spacial score (nSPS) is 11.4. The first-order valence-corrected chi connectivity index (χ1v) is 7.62. The number of hydrogen-bond donors (Lipinski definition) is 4. The molecule has 8 nitrogen and oxygen atoms in total. The van der Waals surface area contributed by atoms with Crippen LogP contribution in [0.15, 0.2) is 39.2 Å². The van der Waals surface area contributed by atoms with Crippen LogP contribution in [0.2, 0.25) is 0 Å². The molecule has 2 rings (SSSR count). The van der Waals surface area contributed by atoms with Crippen LogP contribution in [0, 0.1) is 0 Å². The second-order valence-corrected chi connectivity index (χ2v) is 6.42. The Morgan fingerprint density at radius 1 is 1.00 bits per heavy atom. The first-order chi connectivity index (χ1) is 9.25. The smallest absolute Gasteiger partial charge is 0.240 e. The minimum Gasteiger partial charge on any atom is -0.398 e. The molecule has 2 aromatic rings. The van der Waals surface area contributed by atoms with Crippen molar-refractivity contribution in [3.05, 3.63) is 24.3 Å². The Bertz CT molecular complexity index is 742. The highest BCUT2D eigenvalue weighted by Crippen LogP contribution is 2.29. The largest absolute Gasteiger partial charge is 0.398 e. The molecule has 0 saturated carbocycles. The molecule has 0 aliphatic rings. The van der Waals surface area contributed by atoms with Crippen molar-refractivity contribution in [3.8, 4) is 0 Å². The second-order valence-electron chi connectivity index (χ2n) is 3.85. The number of rotatable bonds is 3. The van der Waals surface area contributed by atoms with Crippen LogP contribution in [0.5, 0.6) is 0 Å². The number of nitrogens with zero attached hydrogens (tertiary/aromatic N) is 2. The number of nitrogens with two attached hydrogens (primary N) is 4. The highest BCUT2D eigenvalue weighted by Gasteiger charge is 2.13. The van der Waals surface area contributed by atoms with Crippen LogP contribution in [0.25, 0.3) is 0 Å². The van der Waals surface area contributed by atoms with Gasteiger partial charge in [-0.15, -0.1) is 0 Å². The van der Waals surface area contributed by atoms with Gasteiger partial charge in [-0.1, -0.05) is 0 Å². The summed E-state index contributed by atoms with van der Waals surface area (Å²) in [5.41, 5.74) is 16.8. The number of anilines is 3. The molecule has 0 radical (unpaired) electrons. The van der Waals surface area contributed by atoms with Gasteiger partial charge in [0.1, 0.15) is 16.5 Å². The molecule has 20 heavy (non-hydrogen) atoms. The van der Waals surface area contributed by atoms with E-state index in [0.717, 1.165) is 11.8 Å². The van der Waals surface area contributed by atoms with Crippen molar-refractivity contribution in [2.45, 2.75) is 14.9 Å². The summed E-state index contributed by atoms with van der Waals surface area (Å²) in [7, 11) is -3.84. The lowest BCUT2D eigenvalue weighted by molar-refractivity contribution is 0.598. The van der Waals surface area contributed by atoms with Crippen molar-refractivity contribution in [3.63, 3.8) is 0 Å². The van der Waals surface area contributed by atoms with Gasteiger partial charge in [0.25, 0.3) is 0 Å². The molecule has 0 amide bonds. The molecule has 106 valence electrons. The zero-order valence-electron chi connectivity index (χ0n) is 10.1. The zero-order chi connectivity index (χ0) is 14.9. The Labute approximate surface area is 119 Å². The van der Waals surface area contributed by atoms with Crippen LogP contribution in [-0.2, 0) is 10.0 Å². The van der Waals surface area contributed by atoms with Crippen LogP contribution >= 0.6 is 11.8 Å². The zero-order valence-corrected chi connectivity index (χ0v) is 11.8. The molecule has 0 spiro atoms. The molecule has 0 aliphatic carbocycles. The number of nitrogen functional groups attached to an aromatic ring is 3. The van der Waals surface area contributed by atoms with Gasteiger partial charge in [-0.05, 0) is 30.0 Å². The summed E-state index contributed by atoms with van der Waals surface area (Å²) in [5.74, 6) is 0.489. The summed E-state index contributed by atoms with van der Waals surface area (Å²) in [5, 5.41) is 5.37. The summed E-state index contributed by atoms with van der Waals surface area (Å²) in [6.07, 6.45) is 0. The van der Waals surface area contributed by atoms with Crippen molar-refractivity contribution >= 4 is 39.1 Å². The van der Waals surface area contributed by atoms with Gasteiger partial charge in [0.2, 0.25) is 10.0 Å². The first kappa shape index (κ1) is 14.4. The van der Waals surface area contributed by atoms with Crippen molar-refractivity contribution in [2.75, 3.05) is 17.2 Å². The lowest BCUT2D eigenvalue weighted by Gasteiger charge is -2.06. The van der Waals surface area contributed by atoms with Gasteiger partial charge in [0.05, 0.1) is 5.69 Å². The molecule has 0 atom stereocenters. The predicted octanol–water partition coefficient (Wildman–Crippen LogP) is 0.0218. The fraction of sp³-hybridized carbons (Fsp3) is 0. The Kier molecular flexibility index (Phi) is 3.70. The maximum Gasteiger partial charge on any atom is 0.240 e. The molecular formula is C10H12N6O2S2. The van der Waals surface area contributed by atoms with Crippen LogP contribution in [-0.4, -0.2) is 18.4 Å². The molecule has 0 saturated heterocycles. The number of hydrogen-bond acceptors (Lipinski definition) is 8. The first-order valence-electron chi connectivity index (χ1n) is 5.26. The molecule has 0 bridgehead atoms. The van der Waals surface area contributed by atoms with Gasteiger partial charge < -0.3 is 17.2 Å². The van der Waals surface area contributed by atoms with E-state index in [9.17, 15) is 8.42 Å². The Morgan fingerprint density at radius 3 is 2.10 bits per heavy atom. The topological polar surface area (TPSA) is 164 Å². The van der Waals surface area contributed by atoms with E-state index in [0.29, 0.717) is 10.1 Å². The van der Waals surface area contributed by atoms with Crippen molar-refractivity contribution in [1.82, 2.24) is 9.97 Å². The maximum absolute atomic E-state index is 11.2. The van der Waals surface area contributed by atoms with Crippen molar-refractivity contribution < 1.29 is 8.42 Å². The average Bonchev–Trinajstić information content (AvgIpc) is 2.25. The summed E-state index contributed by atoms with van der Waals surface area (Å²) in [6.45, 7) is 0. The van der Waals surface area contributed by atoms with Gasteiger partial charge in [-0.25, -0.2) is 23.5 Å². The number of sulfonamides is 1. The fourth-order valence-corrected chi connectivity index (χ4v) is 2.94. The lowest BCUT2D eigenvalue weighted by atomic mass is 10.3. The molecule has 1 aromatic heterocycles. The van der Waals surface area contributed by atoms with E-state index in [1.165, 1.54) is 18.2 Å². The highest BCUT2D eigenvalue weighted by atomic mass is 32.2. The molecule has 0 aliphatic heterocycles. The summed E-state index contributed by atoms with van der Waals surface area (Å²) in [4.78, 5) is 8.50. The van der Waals surface area contributed by atoms with E-state index in [4.69, 9.17) is 22.3 Å². The van der Waals surface area contributed by atoms with E-state index in [2.05, 4.69) is 9.97 Å². The number of benzene rings is 1. The molecule has 1 heterocycles. The van der Waals surface area contributed by atoms with Crippen LogP contribution in [0.1, 0.15) is 0 Å². The summed E-state index contributed by atoms with van der Waals surface area (Å²) < 4.78 is 22.5. The van der Waals surface area contributed by atoms with Crippen molar-refractivity contribution in [2.24, 2.45) is 5.14 Å². The molecule has 10 heteroatoms. The third-order valence-corrected chi connectivity index (χ3v) is 4.08. The Balaban J connectivity index is 2.33. The van der Waals surface area contributed by atoms with Gasteiger partial charge >= 0.3 is 0 Å². The summed E-state index contributed by atoms with van der Waals surface area (Å²) in [6, 6.07) is 5.77. The predicted molar refractivity (Wildman–Crippen MR) is 77.2 cm³/mol. The van der Waals surface area contributed by atoms with Gasteiger partial charge in [0.15, 0.2) is 5.16 Å². The minimum atomic E-state index is -3.84. The monoisotopic (exact) mass is 312 g/mol. The van der Waals surface area contributed by atoms with E-state index in [1.807, 2.05) is 0 Å². The maximum atomic E-state index is 11.2. The van der Waals surface area contributed by atoms with Gasteiger partial charge in [-0.2, -0.15) is 0 Å². The van der Waals surface area contributed by atoms with Crippen molar-refractivity contribution in [1.29, 1.82) is 0 Å². The summed E-state index contributed by atoms with van der Waals surface area (Å²) >= 11 is 1.15. The van der Waals surface area contributed by atoms with Crippen LogP contribution in [0.4, 0.5) is 17.3 Å². The van der Waals surface area contributed by atoms with E-state index in [-0.39, 0.29) is 22.2 Å². The highest BCUT2D eigenvalue weighted by molar-refractivity contribution is 7.99. The number of aromatic nitrogens is 2. The Morgan fingerprint density at radius 2 is 1.60 bits per heavy atom. The minimum absolute atomic E-state index is 0.0503. The van der Waals surface area contributed by atoms with E-state index >= 15 is 0 Å². The quantitative estimate of drug-likeness (QED) is 0.455. The molecular weight excluding hydrogens is 300 g/mol. The third-order valence-electron chi connectivity index (χ3n) is 2.24. The Hall–Kier alpha value is -2.04. The SMILES string of the molecule is Nc1cc(N)nc(Sc2ccc(S(N)(=O)=O)c(N)c2)n1. The lowest BCUT2D eigenvalue weighted by Crippen LogP contribution is -2.14. The standard InChI is InChI=1S/C10H12N6O2S2/c11-6-3-5(1-2-7(6)20(14,17)18)19-10-15-8(12)4-9(13)16-10/h1-4H,11H2,(H2,14,17,18)(H4,12,13,15,16). The third kappa shape index (κ3) is 3.29. The molecule has 0 fully saturated rings.